The second-order valence-corrected chi connectivity index (χ2v) is 5.64. The summed E-state index contributed by atoms with van der Waals surface area (Å²) in [7, 11) is 0. The Kier molecular flexibility index (Phi) is 3.53. The Morgan fingerprint density at radius 2 is 2.05 bits per heavy atom. The molecule has 0 amide bonds. The topological polar surface area (TPSA) is 44.0 Å². The Morgan fingerprint density at radius 1 is 1.26 bits per heavy atom. The van der Waals surface area contributed by atoms with E-state index in [1.807, 2.05) is 0 Å². The molecule has 19 heavy (non-hydrogen) atoms. The normalized spacial score (nSPS) is 17.4. The van der Waals surface area contributed by atoms with E-state index in [0.717, 1.165) is 49.6 Å². The Hall–Kier alpha value is -1.39. The van der Waals surface area contributed by atoms with E-state index in [4.69, 9.17) is 0 Å². The molecule has 0 unspecified atom stereocenters. The number of aromatic nitrogens is 2. The molecule has 1 aromatic carbocycles. The van der Waals surface area contributed by atoms with Crippen LogP contribution in [-0.4, -0.2) is 41.0 Å². The van der Waals surface area contributed by atoms with Gasteiger partial charge in [-0.05, 0) is 23.6 Å². The van der Waals surface area contributed by atoms with Gasteiger partial charge in [-0.1, -0.05) is 19.9 Å². The Morgan fingerprint density at radius 3 is 2.79 bits per heavy atom. The second-order valence-electron chi connectivity index (χ2n) is 5.64. The van der Waals surface area contributed by atoms with E-state index in [2.05, 4.69) is 52.2 Å². The molecule has 1 aliphatic heterocycles. The Bertz CT molecular complexity index is 552. The number of hydrogen-bond donors (Lipinski definition) is 2. The van der Waals surface area contributed by atoms with E-state index < -0.39 is 0 Å². The van der Waals surface area contributed by atoms with Gasteiger partial charge in [0.2, 0.25) is 0 Å². The molecule has 102 valence electrons. The summed E-state index contributed by atoms with van der Waals surface area (Å²) in [6.07, 6.45) is 0. The summed E-state index contributed by atoms with van der Waals surface area (Å²) in [5.41, 5.74) is 3.61. The summed E-state index contributed by atoms with van der Waals surface area (Å²) in [6, 6.07) is 6.54. The number of piperazine rings is 1. The lowest BCUT2D eigenvalue weighted by Gasteiger charge is -2.26. The quantitative estimate of drug-likeness (QED) is 0.886. The number of nitrogens with zero attached hydrogens (tertiary/aromatic N) is 2. The van der Waals surface area contributed by atoms with E-state index in [1.165, 1.54) is 5.56 Å². The van der Waals surface area contributed by atoms with Gasteiger partial charge >= 0.3 is 0 Å². The summed E-state index contributed by atoms with van der Waals surface area (Å²) in [5.74, 6) is 1.64. The first kappa shape index (κ1) is 12.6. The number of aromatic amines is 1. The number of H-pyrrole nitrogens is 1. The third-order valence-electron chi connectivity index (χ3n) is 3.80. The van der Waals surface area contributed by atoms with Crippen LogP contribution < -0.4 is 5.32 Å². The lowest BCUT2D eigenvalue weighted by molar-refractivity contribution is 0.229. The number of nitrogens with one attached hydrogen (secondary N) is 2. The molecule has 0 aliphatic carbocycles. The van der Waals surface area contributed by atoms with Crippen LogP contribution >= 0.6 is 0 Å². The van der Waals surface area contributed by atoms with Gasteiger partial charge in [0.05, 0.1) is 17.6 Å². The lowest BCUT2D eigenvalue weighted by Crippen LogP contribution is -2.43. The smallest absolute Gasteiger partial charge is 0.121 e. The van der Waals surface area contributed by atoms with Crippen molar-refractivity contribution in [3.05, 3.63) is 29.6 Å². The number of rotatable bonds is 3. The van der Waals surface area contributed by atoms with Crippen LogP contribution in [0, 0.1) is 0 Å². The summed E-state index contributed by atoms with van der Waals surface area (Å²) in [4.78, 5) is 10.6. The van der Waals surface area contributed by atoms with Crippen LogP contribution in [0.5, 0.6) is 0 Å². The minimum Gasteiger partial charge on any atom is -0.341 e. The summed E-state index contributed by atoms with van der Waals surface area (Å²) < 4.78 is 0. The van der Waals surface area contributed by atoms with Crippen molar-refractivity contribution in [3.8, 4) is 0 Å². The molecule has 3 rings (SSSR count). The van der Waals surface area contributed by atoms with Gasteiger partial charge in [0, 0.05) is 26.2 Å². The second kappa shape index (κ2) is 5.31. The molecule has 2 aromatic rings. The van der Waals surface area contributed by atoms with Crippen molar-refractivity contribution in [2.45, 2.75) is 26.3 Å². The van der Waals surface area contributed by atoms with Crippen LogP contribution in [0.3, 0.4) is 0 Å². The first-order valence-electron chi connectivity index (χ1n) is 7.14. The van der Waals surface area contributed by atoms with Crippen molar-refractivity contribution < 1.29 is 0 Å². The van der Waals surface area contributed by atoms with Crippen LogP contribution in [0.2, 0.25) is 0 Å². The molecule has 0 saturated carbocycles. The van der Waals surface area contributed by atoms with Gasteiger partial charge in [-0.2, -0.15) is 0 Å². The standard InChI is InChI=1S/C15H22N4/c1-11(2)12-3-4-13-14(9-12)18-15(17-13)10-19-7-5-16-6-8-19/h3-4,9,11,16H,5-8,10H2,1-2H3,(H,17,18). The van der Waals surface area contributed by atoms with Crippen LogP contribution in [0.15, 0.2) is 18.2 Å². The maximum Gasteiger partial charge on any atom is 0.121 e. The van der Waals surface area contributed by atoms with Gasteiger partial charge in [0.25, 0.3) is 0 Å². The van der Waals surface area contributed by atoms with E-state index >= 15 is 0 Å². The maximum absolute atomic E-state index is 4.69. The maximum atomic E-state index is 4.69. The van der Waals surface area contributed by atoms with Crippen molar-refractivity contribution in [2.75, 3.05) is 26.2 Å². The number of benzene rings is 1. The summed E-state index contributed by atoms with van der Waals surface area (Å²) >= 11 is 0. The number of imidazole rings is 1. The van der Waals surface area contributed by atoms with Gasteiger partial charge in [-0.15, -0.1) is 0 Å². The highest BCUT2D eigenvalue weighted by molar-refractivity contribution is 5.76. The van der Waals surface area contributed by atoms with Gasteiger partial charge in [0.15, 0.2) is 0 Å². The van der Waals surface area contributed by atoms with E-state index in [1.54, 1.807) is 0 Å². The molecule has 0 bridgehead atoms. The van der Waals surface area contributed by atoms with Crippen molar-refractivity contribution in [1.29, 1.82) is 0 Å². The predicted molar refractivity (Wildman–Crippen MR) is 78.3 cm³/mol. The minimum absolute atomic E-state index is 0.560. The highest BCUT2D eigenvalue weighted by atomic mass is 15.2. The van der Waals surface area contributed by atoms with Crippen molar-refractivity contribution in [2.24, 2.45) is 0 Å². The zero-order valence-electron chi connectivity index (χ0n) is 11.7. The van der Waals surface area contributed by atoms with E-state index in [9.17, 15) is 0 Å². The van der Waals surface area contributed by atoms with Crippen molar-refractivity contribution in [1.82, 2.24) is 20.2 Å². The molecule has 1 fully saturated rings. The molecule has 1 aromatic heterocycles. The zero-order chi connectivity index (χ0) is 13.2. The molecule has 4 heteroatoms. The van der Waals surface area contributed by atoms with Gasteiger partial charge in [0.1, 0.15) is 5.82 Å². The highest BCUT2D eigenvalue weighted by Gasteiger charge is 2.12. The average Bonchev–Trinajstić information content (AvgIpc) is 2.80. The average molecular weight is 258 g/mol. The molecule has 2 N–H and O–H groups in total. The minimum atomic E-state index is 0.560. The largest absolute Gasteiger partial charge is 0.341 e. The molecule has 2 heterocycles. The fourth-order valence-electron chi connectivity index (χ4n) is 2.60. The van der Waals surface area contributed by atoms with Crippen molar-refractivity contribution >= 4 is 11.0 Å². The monoisotopic (exact) mass is 258 g/mol. The van der Waals surface area contributed by atoms with E-state index in [0.29, 0.717) is 5.92 Å². The highest BCUT2D eigenvalue weighted by Crippen LogP contribution is 2.20. The van der Waals surface area contributed by atoms with Crippen LogP contribution in [0.1, 0.15) is 31.2 Å². The molecule has 4 nitrogen and oxygen atoms in total. The number of hydrogen-bond acceptors (Lipinski definition) is 3. The molecule has 0 radical (unpaired) electrons. The van der Waals surface area contributed by atoms with Gasteiger partial charge in [-0.3, -0.25) is 4.90 Å². The molecule has 0 spiro atoms. The molecule has 1 saturated heterocycles. The van der Waals surface area contributed by atoms with E-state index in [-0.39, 0.29) is 0 Å². The van der Waals surface area contributed by atoms with Crippen LogP contribution in [0.25, 0.3) is 11.0 Å². The fraction of sp³-hybridized carbons (Fsp3) is 0.533. The van der Waals surface area contributed by atoms with Crippen molar-refractivity contribution in [3.63, 3.8) is 0 Å². The molecule has 0 atom stereocenters. The Balaban J connectivity index is 1.80. The first-order chi connectivity index (χ1) is 9.22. The SMILES string of the molecule is CC(C)c1ccc2nc(CN3CCNCC3)[nH]c2c1. The third kappa shape index (κ3) is 2.80. The molecular formula is C15H22N4. The fourth-order valence-corrected chi connectivity index (χ4v) is 2.60. The zero-order valence-corrected chi connectivity index (χ0v) is 11.7. The predicted octanol–water partition coefficient (Wildman–Crippen LogP) is 2.09. The van der Waals surface area contributed by atoms with Gasteiger partial charge in [-0.25, -0.2) is 4.98 Å². The molecular weight excluding hydrogens is 236 g/mol. The molecule has 1 aliphatic rings. The third-order valence-corrected chi connectivity index (χ3v) is 3.80. The summed E-state index contributed by atoms with van der Waals surface area (Å²) in [6.45, 7) is 9.74. The first-order valence-corrected chi connectivity index (χ1v) is 7.14. The lowest BCUT2D eigenvalue weighted by atomic mass is 10.0. The van der Waals surface area contributed by atoms with Crippen LogP contribution in [0.4, 0.5) is 0 Å². The Labute approximate surface area is 114 Å². The number of fused-ring (bicyclic) bond motifs is 1. The van der Waals surface area contributed by atoms with Crippen LogP contribution in [-0.2, 0) is 6.54 Å². The summed E-state index contributed by atoms with van der Waals surface area (Å²) in [5, 5.41) is 3.37. The van der Waals surface area contributed by atoms with Gasteiger partial charge < -0.3 is 10.3 Å².